The van der Waals surface area contributed by atoms with E-state index in [1.54, 1.807) is 0 Å². The Bertz CT molecular complexity index is 700. The number of aryl methyl sites for hydroxylation is 1. The number of rotatable bonds is 1. The summed E-state index contributed by atoms with van der Waals surface area (Å²) in [7, 11) is 0. The molecule has 4 fully saturated rings. The first-order chi connectivity index (χ1) is 11.6. The molecule has 6 rings (SSSR count). The third kappa shape index (κ3) is 1.96. The highest BCUT2D eigenvalue weighted by atomic mass is 16.2. The molecule has 1 heterocycles. The topological polar surface area (TPSA) is 37.4 Å². The zero-order chi connectivity index (χ0) is 16.5. The summed E-state index contributed by atoms with van der Waals surface area (Å²) in [6.07, 6.45) is 7.77. The third-order valence-corrected chi connectivity index (χ3v) is 7.11. The number of nitrogens with zero attached hydrogens (tertiary/aromatic N) is 1. The van der Waals surface area contributed by atoms with Crippen molar-refractivity contribution >= 4 is 17.4 Å². The fourth-order valence-electron chi connectivity index (χ4n) is 6.56. The SMILES string of the molecule is Cc1cccc2c1N(C(=O)C13CC4CC(CC(C4)C1)C3)CCC2=O. The number of fused-ring (bicyclic) bond motifs is 1. The van der Waals surface area contributed by atoms with Crippen molar-refractivity contribution in [2.24, 2.45) is 23.2 Å². The van der Waals surface area contributed by atoms with Crippen molar-refractivity contribution in [3.05, 3.63) is 29.3 Å². The lowest BCUT2D eigenvalue weighted by Crippen LogP contribution is -2.55. The smallest absolute Gasteiger partial charge is 0.233 e. The number of benzene rings is 1. The van der Waals surface area contributed by atoms with E-state index in [0.717, 1.165) is 53.8 Å². The summed E-state index contributed by atoms with van der Waals surface area (Å²) in [5, 5.41) is 0. The Balaban J connectivity index is 1.55. The Morgan fingerprint density at radius 1 is 1.08 bits per heavy atom. The largest absolute Gasteiger partial charge is 0.310 e. The van der Waals surface area contributed by atoms with Crippen LogP contribution in [0.25, 0.3) is 0 Å². The molecule has 1 aromatic rings. The quantitative estimate of drug-likeness (QED) is 0.779. The van der Waals surface area contributed by atoms with Crippen molar-refractivity contribution in [2.45, 2.75) is 51.9 Å². The van der Waals surface area contributed by atoms with E-state index in [-0.39, 0.29) is 11.2 Å². The average Bonchev–Trinajstić information content (AvgIpc) is 2.54. The molecule has 3 nitrogen and oxygen atoms in total. The summed E-state index contributed by atoms with van der Waals surface area (Å²) in [4.78, 5) is 28.0. The number of Topliss-reactive ketones (excluding diaryl/α,β-unsaturated/α-hetero) is 1. The standard InChI is InChI=1S/C21H25NO2/c1-13-3-2-4-17-18(23)5-6-22(19(13)17)20(24)21-10-14-7-15(11-21)9-16(8-14)12-21/h2-4,14-16H,5-12H2,1H3. The maximum absolute atomic E-state index is 13.7. The number of carbonyl (C=O) groups excluding carboxylic acids is 2. The molecule has 126 valence electrons. The molecule has 0 spiro atoms. The molecule has 1 amide bonds. The second-order valence-electron chi connectivity index (χ2n) is 8.80. The van der Waals surface area contributed by atoms with E-state index in [1.807, 2.05) is 30.0 Å². The molecule has 0 radical (unpaired) electrons. The third-order valence-electron chi connectivity index (χ3n) is 7.11. The Morgan fingerprint density at radius 2 is 1.71 bits per heavy atom. The second kappa shape index (κ2) is 4.93. The van der Waals surface area contributed by atoms with Crippen LogP contribution in [0.2, 0.25) is 0 Å². The van der Waals surface area contributed by atoms with Gasteiger partial charge in [-0.3, -0.25) is 9.59 Å². The van der Waals surface area contributed by atoms with Crippen LogP contribution in [0, 0.1) is 30.1 Å². The Morgan fingerprint density at radius 3 is 2.33 bits per heavy atom. The van der Waals surface area contributed by atoms with Crippen molar-refractivity contribution in [1.82, 2.24) is 0 Å². The minimum Gasteiger partial charge on any atom is -0.310 e. The van der Waals surface area contributed by atoms with E-state index in [9.17, 15) is 9.59 Å². The van der Waals surface area contributed by atoms with Gasteiger partial charge in [-0.15, -0.1) is 0 Å². The lowest BCUT2D eigenvalue weighted by atomic mass is 9.49. The predicted molar refractivity (Wildman–Crippen MR) is 93.1 cm³/mol. The molecular formula is C21H25NO2. The van der Waals surface area contributed by atoms with Crippen LogP contribution in [0.4, 0.5) is 5.69 Å². The van der Waals surface area contributed by atoms with Crippen molar-refractivity contribution < 1.29 is 9.59 Å². The molecule has 0 atom stereocenters. The van der Waals surface area contributed by atoms with E-state index in [2.05, 4.69) is 0 Å². The first-order valence-corrected chi connectivity index (χ1v) is 9.50. The van der Waals surface area contributed by atoms with Crippen molar-refractivity contribution in [2.75, 3.05) is 11.4 Å². The number of ketones is 1. The fraction of sp³-hybridized carbons (Fsp3) is 0.619. The van der Waals surface area contributed by atoms with Gasteiger partial charge in [-0.2, -0.15) is 0 Å². The number of carbonyl (C=O) groups is 2. The Hall–Kier alpha value is -1.64. The van der Waals surface area contributed by atoms with Gasteiger partial charge in [0.15, 0.2) is 5.78 Å². The fourth-order valence-corrected chi connectivity index (χ4v) is 6.56. The minimum absolute atomic E-state index is 0.130. The number of amides is 1. The molecule has 3 heteroatoms. The lowest BCUT2D eigenvalue weighted by Gasteiger charge is -2.56. The number of para-hydroxylation sites is 1. The summed E-state index contributed by atoms with van der Waals surface area (Å²) < 4.78 is 0. The summed E-state index contributed by atoms with van der Waals surface area (Å²) in [6, 6.07) is 5.85. The monoisotopic (exact) mass is 323 g/mol. The molecule has 1 aromatic carbocycles. The molecule has 0 aromatic heterocycles. The Kier molecular flexibility index (Phi) is 3.02. The van der Waals surface area contributed by atoms with Gasteiger partial charge < -0.3 is 4.90 Å². The van der Waals surface area contributed by atoms with Gasteiger partial charge in [-0.1, -0.05) is 12.1 Å². The van der Waals surface area contributed by atoms with Crippen LogP contribution in [0.3, 0.4) is 0 Å². The van der Waals surface area contributed by atoms with Gasteiger partial charge in [0, 0.05) is 18.5 Å². The van der Waals surface area contributed by atoms with E-state index in [4.69, 9.17) is 0 Å². The summed E-state index contributed by atoms with van der Waals surface area (Å²) in [6.45, 7) is 2.59. The maximum atomic E-state index is 13.7. The average molecular weight is 323 g/mol. The van der Waals surface area contributed by atoms with Crippen LogP contribution >= 0.6 is 0 Å². The first kappa shape index (κ1) is 14.7. The van der Waals surface area contributed by atoms with Crippen LogP contribution < -0.4 is 4.90 Å². The van der Waals surface area contributed by atoms with Crippen LogP contribution in [-0.2, 0) is 4.79 Å². The zero-order valence-electron chi connectivity index (χ0n) is 14.4. The molecular weight excluding hydrogens is 298 g/mol. The zero-order valence-corrected chi connectivity index (χ0v) is 14.4. The number of hydrogen-bond donors (Lipinski definition) is 0. The summed E-state index contributed by atoms with van der Waals surface area (Å²) in [5.74, 6) is 2.81. The molecule has 5 aliphatic rings. The molecule has 1 aliphatic heterocycles. The summed E-state index contributed by atoms with van der Waals surface area (Å²) in [5.41, 5.74) is 2.57. The molecule has 4 aliphatic carbocycles. The van der Waals surface area contributed by atoms with Gasteiger partial charge in [0.2, 0.25) is 5.91 Å². The second-order valence-corrected chi connectivity index (χ2v) is 8.80. The van der Waals surface area contributed by atoms with Crippen LogP contribution in [0.1, 0.15) is 60.9 Å². The van der Waals surface area contributed by atoms with Gasteiger partial charge in [0.1, 0.15) is 0 Å². The van der Waals surface area contributed by atoms with Gasteiger partial charge in [-0.05, 0) is 74.8 Å². The molecule has 0 saturated heterocycles. The minimum atomic E-state index is -0.130. The normalized spacial score (nSPS) is 36.8. The molecule has 0 N–H and O–H groups in total. The highest BCUT2D eigenvalue weighted by molar-refractivity contribution is 6.10. The van der Waals surface area contributed by atoms with Gasteiger partial charge in [0.05, 0.1) is 11.1 Å². The van der Waals surface area contributed by atoms with Gasteiger partial charge >= 0.3 is 0 Å². The van der Waals surface area contributed by atoms with E-state index >= 15 is 0 Å². The summed E-state index contributed by atoms with van der Waals surface area (Å²) >= 11 is 0. The van der Waals surface area contributed by atoms with Crippen molar-refractivity contribution in [3.63, 3.8) is 0 Å². The van der Waals surface area contributed by atoms with Crippen LogP contribution in [0.5, 0.6) is 0 Å². The van der Waals surface area contributed by atoms with Gasteiger partial charge in [-0.25, -0.2) is 0 Å². The van der Waals surface area contributed by atoms with Crippen molar-refractivity contribution in [1.29, 1.82) is 0 Å². The first-order valence-electron chi connectivity index (χ1n) is 9.50. The van der Waals surface area contributed by atoms with E-state index in [1.165, 1.54) is 19.3 Å². The highest BCUT2D eigenvalue weighted by Gasteiger charge is 2.56. The molecule has 24 heavy (non-hydrogen) atoms. The lowest BCUT2D eigenvalue weighted by molar-refractivity contribution is -0.143. The maximum Gasteiger partial charge on any atom is 0.233 e. The van der Waals surface area contributed by atoms with Gasteiger partial charge in [0.25, 0.3) is 0 Å². The number of hydrogen-bond acceptors (Lipinski definition) is 2. The molecule has 0 unspecified atom stereocenters. The highest BCUT2D eigenvalue weighted by Crippen LogP contribution is 2.61. The molecule has 4 bridgehead atoms. The van der Waals surface area contributed by atoms with Crippen LogP contribution in [-0.4, -0.2) is 18.2 Å². The van der Waals surface area contributed by atoms with E-state index in [0.29, 0.717) is 18.9 Å². The van der Waals surface area contributed by atoms with Crippen molar-refractivity contribution in [3.8, 4) is 0 Å². The Labute approximate surface area is 143 Å². The van der Waals surface area contributed by atoms with E-state index < -0.39 is 0 Å². The number of anilines is 1. The van der Waals surface area contributed by atoms with Crippen LogP contribution in [0.15, 0.2) is 18.2 Å². The predicted octanol–water partition coefficient (Wildman–Crippen LogP) is 4.13. The molecule has 4 saturated carbocycles.